The van der Waals surface area contributed by atoms with Gasteiger partial charge in [0.15, 0.2) is 5.82 Å². The van der Waals surface area contributed by atoms with Crippen LogP contribution in [0.1, 0.15) is 25.7 Å². The molecule has 1 amide bonds. The third kappa shape index (κ3) is 2.42. The molecule has 1 aromatic rings. The number of nitrogens with one attached hydrogen (secondary N) is 1. The summed E-state index contributed by atoms with van der Waals surface area (Å²) >= 11 is 0. The fourth-order valence-electron chi connectivity index (χ4n) is 1.06. The van der Waals surface area contributed by atoms with E-state index in [1.807, 2.05) is 13.8 Å². The maximum absolute atomic E-state index is 11.1. The monoisotopic (exact) mass is 195 g/mol. The van der Waals surface area contributed by atoms with Gasteiger partial charge in [-0.3, -0.25) is 4.79 Å². The highest BCUT2D eigenvalue weighted by molar-refractivity contribution is 5.87. The van der Waals surface area contributed by atoms with Crippen LogP contribution in [0.15, 0.2) is 23.6 Å². The Labute approximate surface area is 82.2 Å². The van der Waals surface area contributed by atoms with Gasteiger partial charge in [-0.05, 0) is 12.0 Å². The van der Waals surface area contributed by atoms with Gasteiger partial charge in [0.25, 0.3) is 0 Å². The third-order valence-corrected chi connectivity index (χ3v) is 1.81. The van der Waals surface area contributed by atoms with Crippen molar-refractivity contribution in [2.24, 2.45) is 5.92 Å². The molecule has 0 aromatic carbocycles. The van der Waals surface area contributed by atoms with E-state index in [0.29, 0.717) is 5.82 Å². The first kappa shape index (κ1) is 10.4. The number of hydrogen-bond acceptors (Lipinski definition) is 4. The van der Waals surface area contributed by atoms with E-state index < -0.39 is 0 Å². The molecule has 5 nitrogen and oxygen atoms in total. The Morgan fingerprint density at radius 3 is 2.86 bits per heavy atom. The minimum Gasteiger partial charge on any atom is -0.343 e. The second-order valence-electron chi connectivity index (χ2n) is 3.22. The lowest BCUT2D eigenvalue weighted by molar-refractivity contribution is -0.117. The Hall–Kier alpha value is -1.65. The van der Waals surface area contributed by atoms with Crippen molar-refractivity contribution in [3.63, 3.8) is 0 Å². The normalized spacial score (nSPS) is 12.5. The van der Waals surface area contributed by atoms with Crippen molar-refractivity contribution in [2.75, 3.05) is 0 Å². The predicted molar refractivity (Wildman–Crippen MR) is 50.2 cm³/mol. The molecule has 76 valence electrons. The zero-order valence-corrected chi connectivity index (χ0v) is 8.23. The lowest BCUT2D eigenvalue weighted by atomic mass is 10.0. The van der Waals surface area contributed by atoms with Crippen LogP contribution in [0.2, 0.25) is 0 Å². The van der Waals surface area contributed by atoms with Crippen molar-refractivity contribution >= 4 is 5.91 Å². The summed E-state index contributed by atoms with van der Waals surface area (Å²) in [5, 5.41) is 6.42. The van der Waals surface area contributed by atoms with Gasteiger partial charge in [0.2, 0.25) is 12.3 Å². The molecule has 0 aliphatic heterocycles. The zero-order valence-electron chi connectivity index (χ0n) is 8.23. The lowest BCUT2D eigenvalue weighted by Gasteiger charge is -2.17. The van der Waals surface area contributed by atoms with Crippen LogP contribution in [0.25, 0.3) is 0 Å². The summed E-state index contributed by atoms with van der Waals surface area (Å²) in [6, 6.07) is -0.237. The Kier molecular flexibility index (Phi) is 3.39. The Morgan fingerprint density at radius 2 is 2.43 bits per heavy atom. The average Bonchev–Trinajstić information content (AvgIpc) is 2.65. The molecule has 0 aliphatic rings. The summed E-state index contributed by atoms with van der Waals surface area (Å²) in [6.07, 6.45) is 2.46. The van der Waals surface area contributed by atoms with Gasteiger partial charge in [0, 0.05) is 0 Å². The molecular weight excluding hydrogens is 182 g/mol. The van der Waals surface area contributed by atoms with E-state index in [-0.39, 0.29) is 17.9 Å². The highest BCUT2D eigenvalue weighted by Gasteiger charge is 2.20. The van der Waals surface area contributed by atoms with Crippen LogP contribution < -0.4 is 5.32 Å². The van der Waals surface area contributed by atoms with E-state index in [2.05, 4.69) is 26.6 Å². The number of hydrogen-bond donors (Lipinski definition) is 1. The van der Waals surface area contributed by atoms with Gasteiger partial charge in [0.1, 0.15) is 0 Å². The van der Waals surface area contributed by atoms with Crippen LogP contribution in [0, 0.1) is 5.92 Å². The molecule has 0 fully saturated rings. The van der Waals surface area contributed by atoms with Crippen LogP contribution in [0.3, 0.4) is 0 Å². The SMILES string of the molecule is C=CC(=O)NC(c1ncon1)C(C)C. The van der Waals surface area contributed by atoms with Crippen LogP contribution in [-0.4, -0.2) is 16.0 Å². The topological polar surface area (TPSA) is 68.0 Å². The molecule has 0 saturated heterocycles. The molecule has 0 aliphatic carbocycles. The summed E-state index contributed by atoms with van der Waals surface area (Å²) in [4.78, 5) is 15.0. The number of carbonyl (C=O) groups is 1. The average molecular weight is 195 g/mol. The van der Waals surface area contributed by atoms with Crippen molar-refractivity contribution in [1.29, 1.82) is 0 Å². The Bertz CT molecular complexity index is 306. The summed E-state index contributed by atoms with van der Waals surface area (Å²) < 4.78 is 4.62. The van der Waals surface area contributed by atoms with Crippen molar-refractivity contribution in [3.8, 4) is 0 Å². The molecule has 5 heteroatoms. The smallest absolute Gasteiger partial charge is 0.243 e. The van der Waals surface area contributed by atoms with E-state index in [4.69, 9.17) is 0 Å². The van der Waals surface area contributed by atoms with Crippen molar-refractivity contribution in [1.82, 2.24) is 15.5 Å². The van der Waals surface area contributed by atoms with Gasteiger partial charge in [-0.15, -0.1) is 0 Å². The van der Waals surface area contributed by atoms with Crippen molar-refractivity contribution in [2.45, 2.75) is 19.9 Å². The van der Waals surface area contributed by atoms with Gasteiger partial charge in [-0.1, -0.05) is 25.6 Å². The molecular formula is C9H13N3O2. The van der Waals surface area contributed by atoms with Gasteiger partial charge in [-0.25, -0.2) is 0 Å². The van der Waals surface area contributed by atoms with E-state index in [1.54, 1.807) is 0 Å². The standard InChI is InChI=1S/C9H13N3O2/c1-4-7(13)11-8(6(2)3)9-10-5-14-12-9/h4-6,8H,1H2,2-3H3,(H,11,13). The molecule has 0 spiro atoms. The number of carbonyl (C=O) groups excluding carboxylic acids is 1. The van der Waals surface area contributed by atoms with Crippen LogP contribution in [0.5, 0.6) is 0 Å². The number of rotatable bonds is 4. The number of aromatic nitrogens is 2. The molecule has 14 heavy (non-hydrogen) atoms. The molecule has 0 radical (unpaired) electrons. The first-order valence-corrected chi connectivity index (χ1v) is 4.34. The van der Waals surface area contributed by atoms with Crippen LogP contribution in [0.4, 0.5) is 0 Å². The molecule has 1 aromatic heterocycles. The minimum absolute atomic E-state index is 0.191. The first-order chi connectivity index (χ1) is 6.65. The molecule has 1 N–H and O–H groups in total. The Balaban J connectivity index is 2.75. The first-order valence-electron chi connectivity index (χ1n) is 4.34. The summed E-state index contributed by atoms with van der Waals surface area (Å²) in [7, 11) is 0. The third-order valence-electron chi connectivity index (χ3n) is 1.81. The van der Waals surface area contributed by atoms with Gasteiger partial charge in [0.05, 0.1) is 6.04 Å². The van der Waals surface area contributed by atoms with E-state index in [1.165, 1.54) is 12.5 Å². The van der Waals surface area contributed by atoms with E-state index >= 15 is 0 Å². The van der Waals surface area contributed by atoms with Gasteiger partial charge < -0.3 is 9.84 Å². The summed E-state index contributed by atoms with van der Waals surface area (Å²) in [5.41, 5.74) is 0. The fraction of sp³-hybridized carbons (Fsp3) is 0.444. The minimum atomic E-state index is -0.242. The molecule has 1 unspecified atom stereocenters. The molecule has 1 heterocycles. The molecule has 0 bridgehead atoms. The highest BCUT2D eigenvalue weighted by Crippen LogP contribution is 2.17. The predicted octanol–water partition coefficient (Wildman–Crippen LogP) is 1.07. The number of amides is 1. The highest BCUT2D eigenvalue weighted by atomic mass is 16.5. The largest absolute Gasteiger partial charge is 0.343 e. The number of nitrogens with zero attached hydrogens (tertiary/aromatic N) is 2. The quantitative estimate of drug-likeness (QED) is 0.729. The van der Waals surface area contributed by atoms with Crippen LogP contribution >= 0.6 is 0 Å². The van der Waals surface area contributed by atoms with Crippen molar-refractivity contribution in [3.05, 3.63) is 24.9 Å². The zero-order chi connectivity index (χ0) is 10.6. The maximum Gasteiger partial charge on any atom is 0.243 e. The van der Waals surface area contributed by atoms with E-state index in [0.717, 1.165) is 0 Å². The van der Waals surface area contributed by atoms with Gasteiger partial charge in [-0.2, -0.15) is 4.98 Å². The lowest BCUT2D eigenvalue weighted by Crippen LogP contribution is -2.31. The maximum atomic E-state index is 11.1. The molecule has 1 atom stereocenters. The van der Waals surface area contributed by atoms with Gasteiger partial charge >= 0.3 is 0 Å². The fourth-order valence-corrected chi connectivity index (χ4v) is 1.06. The Morgan fingerprint density at radius 1 is 1.71 bits per heavy atom. The summed E-state index contributed by atoms with van der Waals surface area (Å²) in [6.45, 7) is 7.30. The second-order valence-corrected chi connectivity index (χ2v) is 3.22. The molecule has 1 rings (SSSR count). The second kappa shape index (κ2) is 4.55. The summed E-state index contributed by atoms with van der Waals surface area (Å²) in [5.74, 6) is 0.431. The van der Waals surface area contributed by atoms with Crippen LogP contribution in [-0.2, 0) is 4.79 Å². The molecule has 0 saturated carbocycles. The van der Waals surface area contributed by atoms with Crippen molar-refractivity contribution < 1.29 is 9.32 Å². The van der Waals surface area contributed by atoms with E-state index in [9.17, 15) is 4.79 Å².